The van der Waals surface area contributed by atoms with E-state index in [1.54, 1.807) is 6.07 Å². The molecule has 0 amide bonds. The number of phenolic OH excluding ortho intramolecular Hbond substituents is 1. The van der Waals surface area contributed by atoms with Gasteiger partial charge in [0.05, 0.1) is 23.4 Å². The molecule has 0 aliphatic carbocycles. The molecule has 5 rings (SSSR count). The van der Waals surface area contributed by atoms with Crippen LogP contribution >= 0.6 is 11.6 Å². The van der Waals surface area contributed by atoms with Gasteiger partial charge in [-0.3, -0.25) is 0 Å². The lowest BCUT2D eigenvalue weighted by Crippen LogP contribution is -2.40. The van der Waals surface area contributed by atoms with E-state index in [-0.39, 0.29) is 33.3 Å². The van der Waals surface area contributed by atoms with Crippen LogP contribution in [-0.2, 0) is 0 Å². The van der Waals surface area contributed by atoms with E-state index in [1.807, 2.05) is 0 Å². The maximum Gasteiger partial charge on any atom is 0.158 e. The van der Waals surface area contributed by atoms with Crippen LogP contribution in [0.1, 0.15) is 17.9 Å². The highest BCUT2D eigenvalue weighted by Crippen LogP contribution is 2.47. The maximum atomic E-state index is 15.5. The summed E-state index contributed by atoms with van der Waals surface area (Å²) in [6.07, 6.45) is 2.44. The Kier molecular flexibility index (Phi) is 4.14. The minimum atomic E-state index is -0.750. The van der Waals surface area contributed by atoms with Crippen molar-refractivity contribution in [3.8, 4) is 22.6 Å². The molecule has 1 fully saturated rings. The average molecular weight is 403 g/mol. The number of halogens is 3. The highest BCUT2D eigenvalue weighted by atomic mass is 35.5. The molecule has 0 spiro atoms. The van der Waals surface area contributed by atoms with Crippen molar-refractivity contribution in [2.45, 2.75) is 12.3 Å². The van der Waals surface area contributed by atoms with E-state index in [0.717, 1.165) is 31.1 Å². The molecule has 1 aromatic heterocycles. The molecule has 7 heteroatoms. The lowest BCUT2D eigenvalue weighted by atomic mass is 9.78. The number of aromatic hydroxyl groups is 1. The normalized spacial score (nSPS) is 21.1. The molecule has 2 unspecified atom stereocenters. The molecule has 2 atom stereocenters. The number of rotatable bonds is 1. The van der Waals surface area contributed by atoms with Crippen LogP contribution in [0.4, 0.5) is 8.78 Å². The molecule has 0 radical (unpaired) electrons. The van der Waals surface area contributed by atoms with Crippen LogP contribution in [-0.4, -0.2) is 29.8 Å². The Bertz CT molecular complexity index is 1090. The smallest absolute Gasteiger partial charge is 0.158 e. The molecule has 2 N–H and O–H groups in total. The third-order valence-corrected chi connectivity index (χ3v) is 6.03. The topological polar surface area (TPSA) is 54.4 Å². The van der Waals surface area contributed by atoms with Crippen molar-refractivity contribution in [2.75, 3.05) is 19.7 Å². The minimum absolute atomic E-state index is 0.0247. The monoisotopic (exact) mass is 402 g/mol. The third kappa shape index (κ3) is 2.55. The number of hydrogen-bond donors (Lipinski definition) is 2. The Labute approximate surface area is 165 Å². The van der Waals surface area contributed by atoms with Crippen molar-refractivity contribution in [3.05, 3.63) is 52.7 Å². The number of nitrogens with zero attached hydrogens (tertiary/aromatic N) is 1. The number of hydrogen-bond acceptors (Lipinski definition) is 4. The predicted molar refractivity (Wildman–Crippen MR) is 103 cm³/mol. The minimum Gasteiger partial charge on any atom is -0.507 e. The summed E-state index contributed by atoms with van der Waals surface area (Å²) >= 11 is 6.41. The molecule has 3 aromatic rings. The number of phenols is 1. The van der Waals surface area contributed by atoms with Crippen LogP contribution in [0.3, 0.4) is 0 Å². The van der Waals surface area contributed by atoms with Gasteiger partial charge in [0, 0.05) is 29.0 Å². The Balaban J connectivity index is 1.78. The molecule has 0 saturated carbocycles. The van der Waals surface area contributed by atoms with Crippen LogP contribution in [0.25, 0.3) is 22.0 Å². The largest absolute Gasteiger partial charge is 0.507 e. The molecule has 144 valence electrons. The van der Waals surface area contributed by atoms with Crippen molar-refractivity contribution in [2.24, 2.45) is 5.92 Å². The summed E-state index contributed by atoms with van der Waals surface area (Å²) in [7, 11) is 0. The zero-order chi connectivity index (χ0) is 19.4. The van der Waals surface area contributed by atoms with Crippen molar-refractivity contribution < 1.29 is 18.6 Å². The van der Waals surface area contributed by atoms with Gasteiger partial charge in [-0.05, 0) is 37.1 Å². The van der Waals surface area contributed by atoms with Gasteiger partial charge in [-0.25, -0.2) is 13.8 Å². The second kappa shape index (κ2) is 6.57. The second-order valence-electron chi connectivity index (χ2n) is 7.28. The Morgan fingerprint density at radius 3 is 2.93 bits per heavy atom. The van der Waals surface area contributed by atoms with Crippen LogP contribution < -0.4 is 10.1 Å². The number of piperidine rings is 1. The van der Waals surface area contributed by atoms with Crippen LogP contribution in [0.15, 0.2) is 30.5 Å². The quantitative estimate of drug-likeness (QED) is 0.623. The van der Waals surface area contributed by atoms with E-state index < -0.39 is 11.6 Å². The molecule has 2 aliphatic rings. The van der Waals surface area contributed by atoms with Crippen molar-refractivity contribution in [3.63, 3.8) is 0 Å². The summed E-state index contributed by atoms with van der Waals surface area (Å²) in [5, 5.41) is 14.1. The summed E-state index contributed by atoms with van der Waals surface area (Å²) < 4.78 is 35.7. The highest BCUT2D eigenvalue weighted by Gasteiger charge is 2.35. The first-order chi connectivity index (χ1) is 13.6. The van der Waals surface area contributed by atoms with E-state index in [2.05, 4.69) is 10.3 Å². The highest BCUT2D eigenvalue weighted by molar-refractivity contribution is 6.34. The lowest BCUT2D eigenvalue weighted by Gasteiger charge is -2.37. The Morgan fingerprint density at radius 2 is 2.11 bits per heavy atom. The molecule has 28 heavy (non-hydrogen) atoms. The van der Waals surface area contributed by atoms with E-state index in [4.69, 9.17) is 16.3 Å². The number of aromatic nitrogens is 1. The fourth-order valence-corrected chi connectivity index (χ4v) is 4.71. The number of benzene rings is 2. The van der Waals surface area contributed by atoms with E-state index in [1.165, 1.54) is 18.3 Å². The number of ether oxygens (including phenoxy) is 1. The van der Waals surface area contributed by atoms with Gasteiger partial charge in [0.1, 0.15) is 22.8 Å². The summed E-state index contributed by atoms with van der Waals surface area (Å²) in [5.74, 6) is -0.711. The molecule has 3 heterocycles. The first-order valence-corrected chi connectivity index (χ1v) is 9.56. The number of fused-ring (bicyclic) bond motifs is 5. The van der Waals surface area contributed by atoms with Gasteiger partial charge in [0.15, 0.2) is 5.82 Å². The molecular formula is C21H17ClF2N2O2. The predicted octanol–water partition coefficient (Wildman–Crippen LogP) is 4.62. The maximum absolute atomic E-state index is 15.5. The fraction of sp³-hybridized carbons (Fsp3) is 0.286. The summed E-state index contributed by atoms with van der Waals surface area (Å²) in [4.78, 5) is 4.24. The summed E-state index contributed by atoms with van der Waals surface area (Å²) in [6.45, 7) is 2.31. The second-order valence-corrected chi connectivity index (χ2v) is 7.69. The van der Waals surface area contributed by atoms with Crippen molar-refractivity contribution >= 4 is 22.5 Å². The van der Waals surface area contributed by atoms with Gasteiger partial charge in [0.25, 0.3) is 0 Å². The molecule has 2 aliphatic heterocycles. The van der Waals surface area contributed by atoms with E-state index in [9.17, 15) is 9.50 Å². The zero-order valence-electron chi connectivity index (χ0n) is 14.8. The average Bonchev–Trinajstić information content (AvgIpc) is 2.69. The molecule has 1 saturated heterocycles. The molecule has 2 aromatic carbocycles. The third-order valence-electron chi connectivity index (χ3n) is 5.73. The van der Waals surface area contributed by atoms with E-state index >= 15 is 4.39 Å². The SMILES string of the molecule is Oc1cccc(F)c1-c1c(Cl)cc2c3c(cnc2c1F)OCC1CNCCC31. The number of nitrogens with one attached hydrogen (secondary N) is 1. The summed E-state index contributed by atoms with van der Waals surface area (Å²) in [5.41, 5.74) is 0.565. The van der Waals surface area contributed by atoms with Gasteiger partial charge in [-0.1, -0.05) is 17.7 Å². The molecule has 4 nitrogen and oxygen atoms in total. The van der Waals surface area contributed by atoms with Crippen LogP contribution in [0.5, 0.6) is 11.5 Å². The standard InChI is InChI=1S/C21H17ClF2N2O2/c22-13-6-12-17-11-4-5-25-7-10(11)9-28-16(17)8-26-21(12)20(24)18(13)19-14(23)2-1-3-15(19)27/h1-3,6,8,10-11,25,27H,4-5,7,9H2. The van der Waals surface area contributed by atoms with E-state index in [0.29, 0.717) is 23.7 Å². The van der Waals surface area contributed by atoms with Crippen molar-refractivity contribution in [1.82, 2.24) is 10.3 Å². The lowest BCUT2D eigenvalue weighted by molar-refractivity contribution is 0.168. The summed E-state index contributed by atoms with van der Waals surface area (Å²) in [6, 6.07) is 5.42. The first-order valence-electron chi connectivity index (χ1n) is 9.18. The van der Waals surface area contributed by atoms with Gasteiger partial charge >= 0.3 is 0 Å². The molecular weight excluding hydrogens is 386 g/mol. The first kappa shape index (κ1) is 17.6. The Hall–Kier alpha value is -2.44. The van der Waals surface area contributed by atoms with Gasteiger partial charge < -0.3 is 15.2 Å². The van der Waals surface area contributed by atoms with Crippen LogP contribution in [0.2, 0.25) is 5.02 Å². The van der Waals surface area contributed by atoms with Gasteiger partial charge in [-0.15, -0.1) is 0 Å². The van der Waals surface area contributed by atoms with Crippen molar-refractivity contribution in [1.29, 1.82) is 0 Å². The zero-order valence-corrected chi connectivity index (χ0v) is 15.6. The fourth-order valence-electron chi connectivity index (χ4n) is 4.43. The van der Waals surface area contributed by atoms with Gasteiger partial charge in [-0.2, -0.15) is 0 Å². The Morgan fingerprint density at radius 1 is 1.25 bits per heavy atom. The van der Waals surface area contributed by atoms with Gasteiger partial charge in [0.2, 0.25) is 0 Å². The number of pyridine rings is 1. The molecule has 0 bridgehead atoms. The van der Waals surface area contributed by atoms with Crippen LogP contribution in [0, 0.1) is 17.6 Å².